The highest BCUT2D eigenvalue weighted by Crippen LogP contribution is 2.47. The third-order valence-electron chi connectivity index (χ3n) is 6.48. The van der Waals surface area contributed by atoms with Crippen LogP contribution in [-0.4, -0.2) is 42.7 Å². The van der Waals surface area contributed by atoms with Crippen LogP contribution in [0.25, 0.3) is 0 Å². The number of carbonyl (C=O) groups excluding carboxylic acids is 2. The summed E-state index contributed by atoms with van der Waals surface area (Å²) >= 11 is 6.03. The van der Waals surface area contributed by atoms with Crippen LogP contribution < -0.4 is 0 Å². The van der Waals surface area contributed by atoms with Gasteiger partial charge in [0.15, 0.2) is 5.78 Å². The molecule has 8 nitrogen and oxygen atoms in total. The Morgan fingerprint density at radius 3 is 2.37 bits per heavy atom. The number of carbonyl (C=O) groups is 2. The molecule has 1 aliphatic carbocycles. The number of esters is 1. The van der Waals surface area contributed by atoms with Crippen LogP contribution in [0, 0.1) is 16.0 Å². The van der Waals surface area contributed by atoms with Crippen molar-refractivity contribution < 1.29 is 24.0 Å². The second kappa shape index (κ2) is 10.5. The minimum Gasteiger partial charge on any atom is -0.463 e. The summed E-state index contributed by atoms with van der Waals surface area (Å²) in [5.41, 5.74) is 3.21. The number of nitro groups is 1. The van der Waals surface area contributed by atoms with E-state index in [4.69, 9.17) is 26.1 Å². The Labute approximate surface area is 207 Å². The third-order valence-corrected chi connectivity index (χ3v) is 6.73. The summed E-state index contributed by atoms with van der Waals surface area (Å²) in [5.74, 6) is -2.12. The van der Waals surface area contributed by atoms with E-state index in [-0.39, 0.29) is 37.0 Å². The van der Waals surface area contributed by atoms with Gasteiger partial charge in [0.1, 0.15) is 12.5 Å². The van der Waals surface area contributed by atoms with Gasteiger partial charge in [-0.05, 0) is 42.5 Å². The monoisotopic (exact) mass is 496 g/mol. The van der Waals surface area contributed by atoms with E-state index in [9.17, 15) is 19.7 Å². The number of benzene rings is 2. The molecule has 0 saturated carbocycles. The van der Waals surface area contributed by atoms with Crippen LogP contribution in [0.1, 0.15) is 42.7 Å². The first-order chi connectivity index (χ1) is 16.8. The van der Waals surface area contributed by atoms with E-state index >= 15 is 0 Å². The first-order valence-electron chi connectivity index (χ1n) is 11.3. The minimum atomic E-state index is -0.817. The van der Waals surface area contributed by atoms with Crippen molar-refractivity contribution in [2.45, 2.75) is 31.6 Å². The number of Topliss-reactive ketones (excluding diaryl/α,β-unsaturated/α-hetero) is 1. The van der Waals surface area contributed by atoms with E-state index in [1.165, 1.54) is 19.2 Å². The zero-order chi connectivity index (χ0) is 25.1. The molecule has 4 rings (SSSR count). The van der Waals surface area contributed by atoms with Crippen LogP contribution in [0.4, 0.5) is 5.69 Å². The zero-order valence-corrected chi connectivity index (χ0v) is 20.2. The SMILES string of the molecule is COCCOC(=O)C1C(C)=NC2=C(C(=O)CC(c3ccc(Cl)cc3)C2)C1c1ccc([N+](=O)[O-])cc1. The lowest BCUT2D eigenvalue weighted by Gasteiger charge is -2.36. The highest BCUT2D eigenvalue weighted by atomic mass is 35.5. The molecule has 0 bridgehead atoms. The van der Waals surface area contributed by atoms with Gasteiger partial charge in [-0.15, -0.1) is 0 Å². The molecule has 0 spiro atoms. The van der Waals surface area contributed by atoms with Crippen molar-refractivity contribution in [1.82, 2.24) is 0 Å². The van der Waals surface area contributed by atoms with Crippen molar-refractivity contribution in [1.29, 1.82) is 0 Å². The molecule has 1 heterocycles. The largest absolute Gasteiger partial charge is 0.463 e. The molecule has 0 amide bonds. The Balaban J connectivity index is 1.75. The summed E-state index contributed by atoms with van der Waals surface area (Å²) in [6, 6.07) is 13.4. The molecule has 1 aliphatic heterocycles. The predicted molar refractivity (Wildman–Crippen MR) is 131 cm³/mol. The molecule has 2 aromatic rings. The van der Waals surface area contributed by atoms with Gasteiger partial charge in [-0.1, -0.05) is 35.9 Å². The number of nitro benzene ring substituents is 1. The Kier molecular flexibility index (Phi) is 7.42. The maximum Gasteiger partial charge on any atom is 0.315 e. The van der Waals surface area contributed by atoms with Crippen LogP contribution >= 0.6 is 11.6 Å². The lowest BCUT2D eigenvalue weighted by atomic mass is 9.69. The fourth-order valence-corrected chi connectivity index (χ4v) is 4.94. The summed E-state index contributed by atoms with van der Waals surface area (Å²) < 4.78 is 10.4. The first kappa shape index (κ1) is 24.8. The van der Waals surface area contributed by atoms with Gasteiger partial charge in [-0.25, -0.2) is 0 Å². The highest BCUT2D eigenvalue weighted by molar-refractivity contribution is 6.30. The molecule has 182 valence electrons. The third kappa shape index (κ3) is 5.18. The van der Waals surface area contributed by atoms with Gasteiger partial charge >= 0.3 is 5.97 Å². The summed E-state index contributed by atoms with van der Waals surface area (Å²) in [5, 5.41) is 11.8. The zero-order valence-electron chi connectivity index (χ0n) is 19.4. The van der Waals surface area contributed by atoms with Crippen molar-refractivity contribution in [2.24, 2.45) is 10.9 Å². The number of ketones is 1. The standard InChI is InChI=1S/C26H25ClN2O6/c1-15-23(26(31)35-12-11-34-2)24(17-5-9-20(10-6-17)29(32)33)25-21(28-15)13-18(14-22(25)30)16-3-7-19(27)8-4-16/h3-10,18,23-24H,11-14H2,1-2H3. The molecule has 9 heteroatoms. The summed E-state index contributed by atoms with van der Waals surface area (Å²) in [7, 11) is 1.51. The molecule has 2 aliphatic rings. The van der Waals surface area contributed by atoms with Crippen LogP contribution in [0.3, 0.4) is 0 Å². The predicted octanol–water partition coefficient (Wildman–Crippen LogP) is 5.01. The van der Waals surface area contributed by atoms with E-state index in [0.29, 0.717) is 34.0 Å². The maximum atomic E-state index is 13.5. The number of aliphatic imine (C=N–C) groups is 1. The van der Waals surface area contributed by atoms with Crippen LogP contribution in [-0.2, 0) is 19.1 Å². The average Bonchev–Trinajstić information content (AvgIpc) is 2.83. The number of non-ortho nitro benzene ring substituents is 1. The van der Waals surface area contributed by atoms with Gasteiger partial charge < -0.3 is 9.47 Å². The van der Waals surface area contributed by atoms with Crippen molar-refractivity contribution in [3.8, 4) is 0 Å². The number of methoxy groups -OCH3 is 1. The van der Waals surface area contributed by atoms with Crippen molar-refractivity contribution >= 4 is 34.8 Å². The molecular formula is C26H25ClN2O6. The van der Waals surface area contributed by atoms with Gasteiger partial charge in [0.25, 0.3) is 5.69 Å². The highest BCUT2D eigenvalue weighted by Gasteiger charge is 2.44. The van der Waals surface area contributed by atoms with E-state index in [0.717, 1.165) is 5.56 Å². The van der Waals surface area contributed by atoms with E-state index in [2.05, 4.69) is 0 Å². The number of rotatable bonds is 7. The minimum absolute atomic E-state index is 0.0576. The lowest BCUT2D eigenvalue weighted by molar-refractivity contribution is -0.384. The number of ether oxygens (including phenoxy) is 2. The summed E-state index contributed by atoms with van der Waals surface area (Å²) in [6.07, 6.45) is 0.804. The van der Waals surface area contributed by atoms with Gasteiger partial charge in [-0.3, -0.25) is 24.7 Å². The first-order valence-corrected chi connectivity index (χ1v) is 11.6. The van der Waals surface area contributed by atoms with Crippen molar-refractivity contribution in [2.75, 3.05) is 20.3 Å². The lowest BCUT2D eigenvalue weighted by Crippen LogP contribution is -2.38. The number of hydrogen-bond acceptors (Lipinski definition) is 7. The molecular weight excluding hydrogens is 472 g/mol. The second-order valence-corrected chi connectivity index (χ2v) is 9.09. The number of halogens is 1. The van der Waals surface area contributed by atoms with Crippen molar-refractivity contribution in [3.05, 3.63) is 86.1 Å². The second-order valence-electron chi connectivity index (χ2n) is 8.66. The van der Waals surface area contributed by atoms with Gasteiger partial charge in [-0.2, -0.15) is 0 Å². The summed E-state index contributed by atoms with van der Waals surface area (Å²) in [6.45, 7) is 2.07. The molecule has 3 unspecified atom stereocenters. The fourth-order valence-electron chi connectivity index (χ4n) is 4.81. The smallest absolute Gasteiger partial charge is 0.315 e. The van der Waals surface area contributed by atoms with Crippen molar-refractivity contribution in [3.63, 3.8) is 0 Å². The van der Waals surface area contributed by atoms with Gasteiger partial charge in [0.2, 0.25) is 0 Å². The molecule has 2 aromatic carbocycles. The number of allylic oxidation sites excluding steroid dienone is 2. The molecule has 35 heavy (non-hydrogen) atoms. The summed E-state index contributed by atoms with van der Waals surface area (Å²) in [4.78, 5) is 42.1. The topological polar surface area (TPSA) is 108 Å². The fraction of sp³-hybridized carbons (Fsp3) is 0.346. The number of nitrogens with zero attached hydrogens (tertiary/aromatic N) is 2. The molecule has 0 fully saturated rings. The van der Waals surface area contributed by atoms with E-state index in [1.54, 1.807) is 31.2 Å². The maximum absolute atomic E-state index is 13.5. The number of hydrogen-bond donors (Lipinski definition) is 0. The Bertz CT molecular complexity index is 1200. The Morgan fingerprint density at radius 1 is 1.09 bits per heavy atom. The average molecular weight is 497 g/mol. The molecule has 0 saturated heterocycles. The molecule has 0 radical (unpaired) electrons. The molecule has 3 atom stereocenters. The normalized spacial score (nSPS) is 21.9. The Morgan fingerprint density at radius 2 is 1.74 bits per heavy atom. The molecule has 0 N–H and O–H groups in total. The van der Waals surface area contributed by atoms with Crippen LogP contribution in [0.15, 0.2) is 64.8 Å². The van der Waals surface area contributed by atoms with E-state index < -0.39 is 22.7 Å². The Hall–Kier alpha value is -3.36. The quantitative estimate of drug-likeness (QED) is 0.230. The van der Waals surface area contributed by atoms with E-state index in [1.807, 2.05) is 12.1 Å². The van der Waals surface area contributed by atoms with Gasteiger partial charge in [0, 0.05) is 53.6 Å². The van der Waals surface area contributed by atoms with Gasteiger partial charge in [0.05, 0.1) is 11.5 Å². The van der Waals surface area contributed by atoms with Crippen LogP contribution in [0.2, 0.25) is 5.02 Å². The molecule has 0 aromatic heterocycles. The van der Waals surface area contributed by atoms with Crippen LogP contribution in [0.5, 0.6) is 0 Å².